The zero-order valence-electron chi connectivity index (χ0n) is 9.26. The molecule has 18 heavy (non-hydrogen) atoms. The summed E-state index contributed by atoms with van der Waals surface area (Å²) in [6.07, 6.45) is 0. The number of thioether (sulfide) groups is 2. The molecule has 1 aromatic carbocycles. The van der Waals surface area contributed by atoms with Gasteiger partial charge in [-0.1, -0.05) is 23.5 Å². The molecule has 0 atom stereocenters. The van der Waals surface area contributed by atoms with Gasteiger partial charge in [0.05, 0.1) is 29.6 Å². The minimum atomic E-state index is -0.397. The molecule has 1 heterocycles. The van der Waals surface area contributed by atoms with Crippen molar-refractivity contribution in [2.24, 2.45) is 0 Å². The average molecular weight is 274 g/mol. The largest absolute Gasteiger partial charge is 0.465 e. The van der Waals surface area contributed by atoms with Gasteiger partial charge in [0.2, 0.25) is 0 Å². The Morgan fingerprint density at radius 2 is 2.17 bits per heavy atom. The lowest BCUT2D eigenvalue weighted by atomic mass is 10.2. The molecule has 1 aliphatic rings. The number of nitriles is 1. The second kappa shape index (κ2) is 5.18. The van der Waals surface area contributed by atoms with Crippen molar-refractivity contribution < 1.29 is 9.53 Å². The van der Waals surface area contributed by atoms with Crippen LogP contribution < -0.4 is 0 Å². The number of hydrogen-bond donors (Lipinski definition) is 0. The van der Waals surface area contributed by atoms with Gasteiger partial charge in [-0.25, -0.2) is 14.9 Å². The van der Waals surface area contributed by atoms with Crippen LogP contribution in [0.3, 0.4) is 0 Å². The first-order valence-corrected chi connectivity index (χ1v) is 6.42. The molecule has 0 aromatic heterocycles. The third-order valence-electron chi connectivity index (χ3n) is 2.18. The predicted molar refractivity (Wildman–Crippen MR) is 68.7 cm³/mol. The SMILES string of the molecule is [C-]#[N+]/C(C#N)=C1\Sc2ccc(C(=O)OC)cc2S1. The van der Waals surface area contributed by atoms with E-state index in [0.29, 0.717) is 9.80 Å². The molecule has 2 rings (SSSR count). The van der Waals surface area contributed by atoms with Crippen molar-refractivity contribution in [1.29, 1.82) is 5.26 Å². The molecule has 0 bridgehead atoms. The number of allylic oxidation sites excluding steroid dienone is 1. The lowest BCUT2D eigenvalue weighted by Gasteiger charge is -2.00. The van der Waals surface area contributed by atoms with Crippen LogP contribution in [-0.4, -0.2) is 13.1 Å². The van der Waals surface area contributed by atoms with Crippen LogP contribution in [0, 0.1) is 17.9 Å². The van der Waals surface area contributed by atoms with E-state index in [0.717, 1.165) is 9.79 Å². The number of fused-ring (bicyclic) bond motifs is 1. The maximum atomic E-state index is 11.4. The minimum Gasteiger partial charge on any atom is -0.465 e. The molecule has 0 N–H and O–H groups in total. The molecule has 0 saturated heterocycles. The Balaban J connectivity index is 2.38. The Labute approximate surface area is 112 Å². The van der Waals surface area contributed by atoms with Gasteiger partial charge in [0.25, 0.3) is 5.70 Å². The van der Waals surface area contributed by atoms with Crippen LogP contribution in [0.2, 0.25) is 0 Å². The number of methoxy groups -OCH3 is 1. The van der Waals surface area contributed by atoms with Gasteiger partial charge < -0.3 is 4.74 Å². The van der Waals surface area contributed by atoms with E-state index in [1.165, 1.54) is 30.6 Å². The summed E-state index contributed by atoms with van der Waals surface area (Å²) >= 11 is 2.71. The number of ether oxygens (including phenoxy) is 1. The van der Waals surface area contributed by atoms with Crippen molar-refractivity contribution in [3.05, 3.63) is 45.1 Å². The summed E-state index contributed by atoms with van der Waals surface area (Å²) in [6, 6.07) is 7.05. The van der Waals surface area contributed by atoms with E-state index in [4.69, 9.17) is 11.8 Å². The van der Waals surface area contributed by atoms with Gasteiger partial charge in [-0.2, -0.15) is 0 Å². The zero-order chi connectivity index (χ0) is 13.1. The zero-order valence-corrected chi connectivity index (χ0v) is 10.9. The first-order valence-electron chi connectivity index (χ1n) is 4.79. The van der Waals surface area contributed by atoms with Gasteiger partial charge in [-0.05, 0) is 18.2 Å². The van der Waals surface area contributed by atoms with Crippen molar-refractivity contribution in [2.75, 3.05) is 7.11 Å². The monoisotopic (exact) mass is 274 g/mol. The topological polar surface area (TPSA) is 54.5 Å². The highest BCUT2D eigenvalue weighted by Crippen LogP contribution is 2.52. The molecule has 6 heteroatoms. The molecule has 4 nitrogen and oxygen atoms in total. The molecule has 0 radical (unpaired) electrons. The van der Waals surface area contributed by atoms with Crippen molar-refractivity contribution >= 4 is 29.5 Å². The van der Waals surface area contributed by atoms with Crippen LogP contribution in [0.5, 0.6) is 0 Å². The summed E-state index contributed by atoms with van der Waals surface area (Å²) < 4.78 is 5.30. The number of nitrogens with zero attached hydrogens (tertiary/aromatic N) is 2. The van der Waals surface area contributed by atoms with Gasteiger partial charge in [-0.15, -0.1) is 0 Å². The summed E-state index contributed by atoms with van der Waals surface area (Å²) in [5.41, 5.74) is 0.549. The standard InChI is InChI=1S/C12H6N2O2S2/c1-14-8(6-13)12-17-9-4-3-7(11(15)16-2)5-10(9)18-12/h3-5H,2H3/b12-8+. The average Bonchev–Trinajstić information content (AvgIpc) is 2.81. The maximum Gasteiger partial charge on any atom is 0.337 e. The number of rotatable bonds is 1. The van der Waals surface area contributed by atoms with Gasteiger partial charge in [0, 0.05) is 9.79 Å². The summed E-state index contributed by atoms with van der Waals surface area (Å²) in [7, 11) is 1.33. The molecule has 0 spiro atoms. The van der Waals surface area contributed by atoms with E-state index in [1.807, 2.05) is 6.07 Å². The molecule has 0 fully saturated rings. The highest BCUT2D eigenvalue weighted by atomic mass is 32.2. The molecule has 0 saturated carbocycles. The first-order chi connectivity index (χ1) is 8.69. The third kappa shape index (κ3) is 2.21. The minimum absolute atomic E-state index is 0.0841. The molecule has 88 valence electrons. The van der Waals surface area contributed by atoms with E-state index < -0.39 is 5.97 Å². The number of carbonyl (C=O) groups excluding carboxylic acids is 1. The maximum absolute atomic E-state index is 11.4. The summed E-state index contributed by atoms with van der Waals surface area (Å²) in [6.45, 7) is 6.92. The van der Waals surface area contributed by atoms with E-state index in [-0.39, 0.29) is 5.70 Å². The second-order valence-electron chi connectivity index (χ2n) is 3.22. The molecular weight excluding hydrogens is 268 g/mol. The van der Waals surface area contributed by atoms with Crippen molar-refractivity contribution in [1.82, 2.24) is 0 Å². The van der Waals surface area contributed by atoms with Crippen LogP contribution in [-0.2, 0) is 4.74 Å². The molecular formula is C12H6N2O2S2. The fourth-order valence-corrected chi connectivity index (χ4v) is 3.73. The number of benzene rings is 1. The predicted octanol–water partition coefficient (Wildman–Crippen LogP) is 3.28. The summed E-state index contributed by atoms with van der Waals surface area (Å²) in [5, 5.41) is 8.82. The van der Waals surface area contributed by atoms with Crippen LogP contribution >= 0.6 is 23.5 Å². The third-order valence-corrected chi connectivity index (χ3v) is 4.70. The van der Waals surface area contributed by atoms with Gasteiger partial charge in [-0.3, -0.25) is 0 Å². The lowest BCUT2D eigenvalue weighted by molar-refractivity contribution is 0.0600. The Morgan fingerprint density at radius 3 is 2.78 bits per heavy atom. The Morgan fingerprint density at radius 1 is 1.44 bits per heavy atom. The van der Waals surface area contributed by atoms with Crippen molar-refractivity contribution in [2.45, 2.75) is 9.79 Å². The smallest absolute Gasteiger partial charge is 0.337 e. The van der Waals surface area contributed by atoms with E-state index >= 15 is 0 Å². The van der Waals surface area contributed by atoms with Gasteiger partial charge in [0.15, 0.2) is 0 Å². The molecule has 1 aliphatic heterocycles. The van der Waals surface area contributed by atoms with Crippen LogP contribution in [0.25, 0.3) is 4.85 Å². The van der Waals surface area contributed by atoms with E-state index in [2.05, 4.69) is 9.58 Å². The van der Waals surface area contributed by atoms with Crippen LogP contribution in [0.4, 0.5) is 0 Å². The second-order valence-corrected chi connectivity index (χ2v) is 5.58. The van der Waals surface area contributed by atoms with Crippen molar-refractivity contribution in [3.8, 4) is 6.07 Å². The highest BCUT2D eigenvalue weighted by molar-refractivity contribution is 8.24. The van der Waals surface area contributed by atoms with Crippen LogP contribution in [0.1, 0.15) is 10.4 Å². The molecule has 0 amide bonds. The molecule has 0 aliphatic carbocycles. The van der Waals surface area contributed by atoms with E-state index in [1.54, 1.807) is 18.2 Å². The Kier molecular flexibility index (Phi) is 3.61. The normalized spacial score (nSPS) is 15.3. The number of esters is 1. The first kappa shape index (κ1) is 12.6. The highest BCUT2D eigenvalue weighted by Gasteiger charge is 2.22. The Bertz CT molecular complexity index is 622. The van der Waals surface area contributed by atoms with Gasteiger partial charge in [0.1, 0.15) is 0 Å². The van der Waals surface area contributed by atoms with Crippen LogP contribution in [0.15, 0.2) is 37.9 Å². The lowest BCUT2D eigenvalue weighted by Crippen LogP contribution is -2.00. The number of carbonyl (C=O) groups is 1. The fraction of sp³-hybridized carbons (Fsp3) is 0.0833. The summed E-state index contributed by atoms with van der Waals surface area (Å²) in [4.78, 5) is 16.4. The molecule has 0 unspecified atom stereocenters. The number of hydrogen-bond acceptors (Lipinski definition) is 5. The fourth-order valence-electron chi connectivity index (χ4n) is 1.35. The molecule has 1 aromatic rings. The van der Waals surface area contributed by atoms with E-state index in [9.17, 15) is 4.79 Å². The van der Waals surface area contributed by atoms with Crippen molar-refractivity contribution in [3.63, 3.8) is 0 Å². The quantitative estimate of drug-likeness (QED) is 0.447. The van der Waals surface area contributed by atoms with Gasteiger partial charge >= 0.3 is 5.97 Å². The Hall–Kier alpha value is -1.89. The summed E-state index contributed by atoms with van der Waals surface area (Å²) in [5.74, 6) is -0.397.